The van der Waals surface area contributed by atoms with E-state index in [9.17, 15) is 19.2 Å². The lowest BCUT2D eigenvalue weighted by Crippen LogP contribution is -2.47. The second kappa shape index (κ2) is 13.3. The van der Waals surface area contributed by atoms with Crippen LogP contribution in [-0.4, -0.2) is 59.9 Å². The summed E-state index contributed by atoms with van der Waals surface area (Å²) in [5.41, 5.74) is 1.18. The molecule has 0 unspecified atom stereocenters. The summed E-state index contributed by atoms with van der Waals surface area (Å²) < 4.78 is 28.5. The highest BCUT2D eigenvalue weighted by Crippen LogP contribution is 2.26. The Morgan fingerprint density at radius 2 is 0.812 bits per heavy atom. The highest BCUT2D eigenvalue weighted by molar-refractivity contribution is 7.84. The van der Waals surface area contributed by atoms with Crippen LogP contribution in [-0.2, 0) is 10.1 Å². The number of quaternary nitrogens is 1. The van der Waals surface area contributed by atoms with Gasteiger partial charge in [-0.3, -0.25) is 19.2 Å². The van der Waals surface area contributed by atoms with Crippen LogP contribution in [0, 0.1) is 0 Å². The second-order valence-electron chi connectivity index (χ2n) is 11.8. The zero-order valence-electron chi connectivity index (χ0n) is 27.5. The van der Waals surface area contributed by atoms with Gasteiger partial charge >= 0.3 is 0 Å². The SMILES string of the molecule is CC[N+](CC)(CC)CC.CS(=O)(=O)[O-].O=c1c2ccccc2c(=O)c2c1ccc1[nH]c3c(ccc4c(=O)c5ccccc5c(=O)c43)[nH]c12. The number of aromatic nitrogens is 2. The van der Waals surface area contributed by atoms with Gasteiger partial charge in [0.25, 0.3) is 0 Å². The maximum absolute atomic E-state index is 13.4. The van der Waals surface area contributed by atoms with Crippen LogP contribution >= 0.6 is 0 Å². The van der Waals surface area contributed by atoms with Gasteiger partial charge in [-0.1, -0.05) is 48.5 Å². The molecule has 48 heavy (non-hydrogen) atoms. The van der Waals surface area contributed by atoms with E-state index in [2.05, 4.69) is 37.7 Å². The standard InChI is InChI=1S/C28H14N2O4.C8H20N.CH4O3S/c31-25-13-5-1-3-7-15(13)27(33)21-17(25)9-11-19-23(21)29-20-12-10-18-22(24(20)30-19)28(34)16-8-4-2-6-14(16)26(18)32;1-5-9(6-2,7-3)8-4;1-5(2,3)4/h1-12,29-30H;5-8H2,1-4H3;1H3,(H,2,3,4)/q;+1;/p-1. The summed E-state index contributed by atoms with van der Waals surface area (Å²) >= 11 is 0. The number of fused-ring (bicyclic) bond motifs is 8. The van der Waals surface area contributed by atoms with Crippen LogP contribution < -0.4 is 21.7 Å². The number of hydrogen-bond donors (Lipinski definition) is 2. The van der Waals surface area contributed by atoms with Crippen molar-refractivity contribution in [1.82, 2.24) is 9.97 Å². The maximum atomic E-state index is 13.4. The normalized spacial score (nSPS) is 12.0. The largest absolute Gasteiger partial charge is 0.748 e. The Kier molecular flexibility index (Phi) is 9.50. The highest BCUT2D eigenvalue weighted by Gasteiger charge is 2.18. The molecule has 0 fully saturated rings. The molecule has 248 valence electrons. The van der Waals surface area contributed by atoms with Crippen LogP contribution in [0.3, 0.4) is 0 Å². The number of benzene rings is 6. The van der Waals surface area contributed by atoms with Crippen LogP contribution in [0.15, 0.2) is 92.0 Å². The quantitative estimate of drug-likeness (QED) is 0.113. The summed E-state index contributed by atoms with van der Waals surface area (Å²) in [5, 5.41) is 2.76. The summed E-state index contributed by atoms with van der Waals surface area (Å²) in [7, 11) is -3.92. The van der Waals surface area contributed by atoms with Crippen molar-refractivity contribution in [3.8, 4) is 0 Å². The minimum atomic E-state index is -3.92. The number of H-pyrrole nitrogens is 2. The molecule has 7 rings (SSSR count). The first-order valence-corrected chi connectivity index (χ1v) is 17.6. The van der Waals surface area contributed by atoms with Crippen molar-refractivity contribution in [1.29, 1.82) is 0 Å². The Bertz CT molecular complexity index is 2510. The predicted octanol–water partition coefficient (Wildman–Crippen LogP) is 5.18. The number of nitrogens with zero attached hydrogens (tertiary/aromatic N) is 1. The molecule has 2 N–H and O–H groups in total. The Balaban J connectivity index is 0.000000273. The molecule has 0 saturated carbocycles. The van der Waals surface area contributed by atoms with Crippen molar-refractivity contribution < 1.29 is 17.5 Å². The van der Waals surface area contributed by atoms with Crippen molar-refractivity contribution >= 4 is 75.3 Å². The minimum absolute atomic E-state index is 0.205. The zero-order valence-corrected chi connectivity index (χ0v) is 28.3. The van der Waals surface area contributed by atoms with Gasteiger partial charge < -0.3 is 19.0 Å². The fraction of sp³-hybridized carbons (Fsp3) is 0.243. The van der Waals surface area contributed by atoms with Crippen molar-refractivity contribution in [3.63, 3.8) is 0 Å². The van der Waals surface area contributed by atoms with E-state index in [4.69, 9.17) is 13.0 Å². The summed E-state index contributed by atoms with van der Waals surface area (Å²) in [6.07, 6.45) is 0.604. The van der Waals surface area contributed by atoms with Gasteiger partial charge in [-0.2, -0.15) is 0 Å². The lowest BCUT2D eigenvalue weighted by molar-refractivity contribution is -0.921. The summed E-state index contributed by atoms with van der Waals surface area (Å²) in [6.45, 7) is 14.2. The monoisotopic (exact) mass is 667 g/mol. The van der Waals surface area contributed by atoms with Crippen LogP contribution in [0.2, 0.25) is 0 Å². The van der Waals surface area contributed by atoms with Crippen molar-refractivity contribution in [3.05, 3.63) is 114 Å². The predicted molar refractivity (Wildman–Crippen MR) is 194 cm³/mol. The summed E-state index contributed by atoms with van der Waals surface area (Å²) in [4.78, 5) is 59.5. The molecule has 10 nitrogen and oxygen atoms in total. The third-order valence-corrected chi connectivity index (χ3v) is 9.39. The number of hydrogen-bond acceptors (Lipinski definition) is 7. The van der Waals surface area contributed by atoms with Crippen molar-refractivity contribution in [2.45, 2.75) is 27.7 Å². The van der Waals surface area contributed by atoms with Gasteiger partial charge in [-0.25, -0.2) is 8.42 Å². The Morgan fingerprint density at radius 1 is 0.521 bits per heavy atom. The molecule has 0 spiro atoms. The fourth-order valence-electron chi connectivity index (χ4n) is 6.45. The molecule has 0 amide bonds. The van der Waals surface area contributed by atoms with Gasteiger partial charge in [-0.15, -0.1) is 0 Å². The topological polar surface area (TPSA) is 157 Å². The van der Waals surface area contributed by atoms with E-state index < -0.39 is 10.1 Å². The van der Waals surface area contributed by atoms with Gasteiger partial charge in [0, 0.05) is 38.6 Å². The van der Waals surface area contributed by atoms with Crippen LogP contribution in [0.25, 0.3) is 65.2 Å². The number of aromatic amines is 2. The van der Waals surface area contributed by atoms with E-state index in [0.717, 1.165) is 0 Å². The molecule has 0 bridgehead atoms. The zero-order chi connectivity index (χ0) is 35.0. The molecular weight excluding hydrogens is 630 g/mol. The first kappa shape index (κ1) is 34.4. The Labute approximate surface area is 276 Å². The summed E-state index contributed by atoms with van der Waals surface area (Å²) in [6, 6.07) is 20.3. The minimum Gasteiger partial charge on any atom is -0.748 e. The average Bonchev–Trinajstić information content (AvgIpc) is 3.08. The van der Waals surface area contributed by atoms with Crippen LogP contribution in [0.1, 0.15) is 27.7 Å². The third kappa shape index (κ3) is 6.19. The van der Waals surface area contributed by atoms with Crippen molar-refractivity contribution in [2.75, 3.05) is 32.4 Å². The van der Waals surface area contributed by atoms with Gasteiger partial charge in [0.1, 0.15) is 0 Å². The fourth-order valence-corrected chi connectivity index (χ4v) is 6.45. The average molecular weight is 668 g/mol. The second-order valence-corrected chi connectivity index (χ2v) is 13.2. The van der Waals surface area contributed by atoms with Gasteiger partial charge in [0.05, 0.1) is 69.1 Å². The van der Waals surface area contributed by atoms with E-state index >= 15 is 0 Å². The molecule has 0 aliphatic heterocycles. The molecule has 0 saturated heterocycles. The molecule has 0 aliphatic rings. The smallest absolute Gasteiger partial charge is 0.196 e. The molecule has 0 atom stereocenters. The van der Waals surface area contributed by atoms with E-state index in [1.54, 1.807) is 72.8 Å². The number of rotatable bonds is 4. The molecule has 0 aliphatic carbocycles. The van der Waals surface area contributed by atoms with E-state index in [-0.39, 0.29) is 21.7 Å². The lowest BCUT2D eigenvalue weighted by atomic mass is 9.99. The Hall–Kier alpha value is -4.97. The van der Waals surface area contributed by atoms with Gasteiger partial charge in [-0.05, 0) is 52.0 Å². The molecule has 1 heterocycles. The number of nitrogens with one attached hydrogen (secondary N) is 2. The van der Waals surface area contributed by atoms with Crippen LogP contribution in [0.4, 0.5) is 0 Å². The molecule has 1 aromatic heterocycles. The van der Waals surface area contributed by atoms with E-state index in [1.807, 2.05) is 0 Å². The first-order chi connectivity index (χ1) is 22.8. The van der Waals surface area contributed by atoms with Gasteiger partial charge in [0.15, 0.2) is 21.7 Å². The van der Waals surface area contributed by atoms with E-state index in [1.165, 1.54) is 30.7 Å². The maximum Gasteiger partial charge on any atom is 0.196 e. The molecule has 0 radical (unpaired) electrons. The van der Waals surface area contributed by atoms with Gasteiger partial charge in [0.2, 0.25) is 0 Å². The lowest BCUT2D eigenvalue weighted by Gasteiger charge is -2.34. The molecule has 7 aromatic rings. The highest BCUT2D eigenvalue weighted by atomic mass is 32.2. The molecule has 11 heteroatoms. The molecule has 6 aromatic carbocycles. The molecular formula is C37H37N3O7S. The Morgan fingerprint density at radius 3 is 1.08 bits per heavy atom. The summed E-state index contributed by atoms with van der Waals surface area (Å²) in [5.74, 6) is 0. The van der Waals surface area contributed by atoms with E-state index in [0.29, 0.717) is 71.4 Å². The van der Waals surface area contributed by atoms with Crippen molar-refractivity contribution in [2.24, 2.45) is 0 Å². The third-order valence-electron chi connectivity index (χ3n) is 9.39. The van der Waals surface area contributed by atoms with Crippen LogP contribution in [0.5, 0.6) is 0 Å². The first-order valence-electron chi connectivity index (χ1n) is 15.8.